The van der Waals surface area contributed by atoms with E-state index < -0.39 is 0 Å². The van der Waals surface area contributed by atoms with Gasteiger partial charge in [0.15, 0.2) is 0 Å². The maximum Gasteiger partial charge on any atom is 0.420 e. The molecule has 1 aromatic heterocycles. The molecule has 0 saturated heterocycles. The van der Waals surface area contributed by atoms with E-state index in [2.05, 4.69) is 17.2 Å². The maximum absolute atomic E-state index is 3.99. The summed E-state index contributed by atoms with van der Waals surface area (Å²) in [4.78, 5) is 0. The molecule has 1 rings (SSSR count). The number of hydrogen-bond donors (Lipinski definition) is 0. The summed E-state index contributed by atoms with van der Waals surface area (Å²) in [5.74, 6) is 0.884. The van der Waals surface area contributed by atoms with Crippen LogP contribution in [0.15, 0.2) is 22.6 Å². The van der Waals surface area contributed by atoms with Crippen LogP contribution in [0.5, 0.6) is 0 Å². The highest BCUT2D eigenvalue weighted by Gasteiger charge is 2.10. The van der Waals surface area contributed by atoms with Crippen LogP contribution in [0.4, 0.5) is 5.95 Å². The molecule has 0 aromatic carbocycles. The fraction of sp³-hybridized carbons (Fsp3) is 0.571. The number of rotatable bonds is 2. The van der Waals surface area contributed by atoms with Crippen molar-refractivity contribution in [1.29, 1.82) is 0 Å². The summed E-state index contributed by atoms with van der Waals surface area (Å²) in [6, 6.07) is 0. The van der Waals surface area contributed by atoms with Crippen molar-refractivity contribution in [2.75, 3.05) is 7.05 Å². The fourth-order valence-electron chi connectivity index (χ4n) is 0.981. The van der Waals surface area contributed by atoms with Gasteiger partial charge >= 0.3 is 5.95 Å². The van der Waals surface area contributed by atoms with E-state index in [1.54, 1.807) is 7.05 Å². The van der Waals surface area contributed by atoms with Crippen LogP contribution in [0.1, 0.15) is 6.92 Å². The summed E-state index contributed by atoms with van der Waals surface area (Å²) in [5.41, 5.74) is 0. The van der Waals surface area contributed by atoms with E-state index in [-0.39, 0.29) is 0 Å². The van der Waals surface area contributed by atoms with Crippen LogP contribution in [0.25, 0.3) is 0 Å². The molecule has 0 spiro atoms. The standard InChI is InChI=1S/C7H13N4/c1-4-11-6-5-10(3)7(11)9-8-2/h5-6H,4H2,1-3H3/q+1. The zero-order valence-electron chi connectivity index (χ0n) is 7.15. The monoisotopic (exact) mass is 153 g/mol. The van der Waals surface area contributed by atoms with E-state index >= 15 is 0 Å². The Balaban J connectivity index is 3.07. The first-order valence-corrected chi connectivity index (χ1v) is 3.64. The number of hydrogen-bond acceptors (Lipinski definition) is 2. The van der Waals surface area contributed by atoms with Gasteiger partial charge in [-0.2, -0.15) is 0 Å². The smallest absolute Gasteiger partial charge is 0.233 e. The third-order valence-electron chi connectivity index (χ3n) is 1.57. The Morgan fingerprint density at radius 2 is 2.36 bits per heavy atom. The Morgan fingerprint density at radius 3 is 2.91 bits per heavy atom. The molecular weight excluding hydrogens is 140 g/mol. The largest absolute Gasteiger partial charge is 0.420 e. The van der Waals surface area contributed by atoms with Crippen LogP contribution in [-0.2, 0) is 13.6 Å². The van der Waals surface area contributed by atoms with Gasteiger partial charge in [-0.05, 0) is 6.92 Å². The molecule has 4 heteroatoms. The molecule has 0 aliphatic carbocycles. The molecule has 1 aromatic rings. The van der Waals surface area contributed by atoms with Crippen LogP contribution in [0, 0.1) is 0 Å². The molecule has 0 radical (unpaired) electrons. The first-order chi connectivity index (χ1) is 5.29. The van der Waals surface area contributed by atoms with Gasteiger partial charge in [-0.3, -0.25) is 0 Å². The predicted octanol–water partition coefficient (Wildman–Crippen LogP) is 1.05. The van der Waals surface area contributed by atoms with Crippen LogP contribution < -0.4 is 4.57 Å². The lowest BCUT2D eigenvalue weighted by molar-refractivity contribution is -0.657. The van der Waals surface area contributed by atoms with E-state index in [1.165, 1.54) is 0 Å². The van der Waals surface area contributed by atoms with Gasteiger partial charge in [-0.1, -0.05) is 0 Å². The summed E-state index contributed by atoms with van der Waals surface area (Å²) in [6.45, 7) is 3.00. The molecule has 0 aliphatic heterocycles. The minimum absolute atomic E-state index is 0.884. The highest BCUT2D eigenvalue weighted by Crippen LogP contribution is 2.04. The quantitative estimate of drug-likeness (QED) is 0.449. The van der Waals surface area contributed by atoms with E-state index in [4.69, 9.17) is 0 Å². The van der Waals surface area contributed by atoms with Crippen molar-refractivity contribution < 1.29 is 4.57 Å². The zero-order chi connectivity index (χ0) is 8.27. The number of azo groups is 1. The summed E-state index contributed by atoms with van der Waals surface area (Å²) in [7, 11) is 3.63. The van der Waals surface area contributed by atoms with Crippen molar-refractivity contribution in [1.82, 2.24) is 4.57 Å². The summed E-state index contributed by atoms with van der Waals surface area (Å²) in [6.07, 6.45) is 3.96. The van der Waals surface area contributed by atoms with Crippen LogP contribution in [0.3, 0.4) is 0 Å². The predicted molar refractivity (Wildman–Crippen MR) is 41.7 cm³/mol. The Kier molecular flexibility index (Phi) is 2.36. The average Bonchev–Trinajstić information content (AvgIpc) is 2.34. The van der Waals surface area contributed by atoms with Gasteiger partial charge in [0.25, 0.3) is 0 Å². The number of aryl methyl sites for hydroxylation is 2. The maximum atomic E-state index is 3.99. The van der Waals surface area contributed by atoms with E-state index in [0.717, 1.165) is 12.5 Å². The Labute approximate surface area is 66.2 Å². The first-order valence-electron chi connectivity index (χ1n) is 3.64. The fourth-order valence-corrected chi connectivity index (χ4v) is 0.981. The van der Waals surface area contributed by atoms with Gasteiger partial charge in [-0.25, -0.2) is 9.13 Å². The minimum Gasteiger partial charge on any atom is -0.233 e. The number of aromatic nitrogens is 2. The van der Waals surface area contributed by atoms with E-state index in [9.17, 15) is 0 Å². The molecular formula is C7H13N4+. The second kappa shape index (κ2) is 3.27. The molecule has 0 amide bonds. The van der Waals surface area contributed by atoms with Crippen molar-refractivity contribution >= 4 is 5.95 Å². The van der Waals surface area contributed by atoms with Gasteiger partial charge in [-0.15, -0.1) is 5.11 Å². The lowest BCUT2D eigenvalue weighted by Gasteiger charge is -1.89. The normalized spacial score (nSPS) is 11.2. The lowest BCUT2D eigenvalue weighted by Crippen LogP contribution is -2.25. The second-order valence-electron chi connectivity index (χ2n) is 2.30. The van der Waals surface area contributed by atoms with Gasteiger partial charge in [0.1, 0.15) is 0 Å². The molecule has 0 fully saturated rings. The minimum atomic E-state index is 0.884. The highest BCUT2D eigenvalue weighted by atomic mass is 15.3. The number of imidazole rings is 1. The van der Waals surface area contributed by atoms with Gasteiger partial charge < -0.3 is 0 Å². The molecule has 0 saturated carbocycles. The average molecular weight is 153 g/mol. The van der Waals surface area contributed by atoms with Crippen molar-refractivity contribution in [3.05, 3.63) is 12.4 Å². The third-order valence-corrected chi connectivity index (χ3v) is 1.57. The molecule has 60 valence electrons. The summed E-state index contributed by atoms with van der Waals surface area (Å²) >= 11 is 0. The van der Waals surface area contributed by atoms with Crippen molar-refractivity contribution in [2.24, 2.45) is 17.3 Å². The molecule has 4 nitrogen and oxygen atoms in total. The van der Waals surface area contributed by atoms with Crippen LogP contribution >= 0.6 is 0 Å². The summed E-state index contributed by atoms with van der Waals surface area (Å²) < 4.78 is 3.98. The molecule has 0 N–H and O–H groups in total. The molecule has 0 atom stereocenters. The van der Waals surface area contributed by atoms with E-state index in [1.807, 2.05) is 28.6 Å². The Hall–Kier alpha value is -1.19. The zero-order valence-corrected chi connectivity index (χ0v) is 7.15. The topological polar surface area (TPSA) is 33.5 Å². The van der Waals surface area contributed by atoms with E-state index in [0.29, 0.717) is 0 Å². The molecule has 0 unspecified atom stereocenters. The molecule has 1 heterocycles. The van der Waals surface area contributed by atoms with Crippen molar-refractivity contribution in [3.63, 3.8) is 0 Å². The van der Waals surface area contributed by atoms with Crippen molar-refractivity contribution in [3.8, 4) is 0 Å². The highest BCUT2D eigenvalue weighted by molar-refractivity contribution is 5.05. The van der Waals surface area contributed by atoms with Gasteiger partial charge in [0.2, 0.25) is 0 Å². The summed E-state index contributed by atoms with van der Waals surface area (Å²) in [5, 5.41) is 7.72. The second-order valence-corrected chi connectivity index (χ2v) is 2.30. The number of nitrogens with zero attached hydrogens (tertiary/aromatic N) is 4. The molecule has 11 heavy (non-hydrogen) atoms. The molecule has 0 bridgehead atoms. The Bertz CT molecular complexity index is 261. The van der Waals surface area contributed by atoms with Crippen molar-refractivity contribution in [2.45, 2.75) is 13.5 Å². The van der Waals surface area contributed by atoms with Crippen LogP contribution in [0.2, 0.25) is 0 Å². The van der Waals surface area contributed by atoms with Crippen LogP contribution in [-0.4, -0.2) is 11.6 Å². The Morgan fingerprint density at radius 1 is 1.64 bits per heavy atom. The first kappa shape index (κ1) is 7.91. The SMILES string of the molecule is CCn1cc[n+](C)c1N=NC. The van der Waals surface area contributed by atoms with Gasteiger partial charge in [0.05, 0.1) is 33.0 Å². The van der Waals surface area contributed by atoms with Gasteiger partial charge in [0, 0.05) is 5.11 Å². The third kappa shape index (κ3) is 1.45. The molecule has 0 aliphatic rings. The lowest BCUT2D eigenvalue weighted by atomic mass is 10.7.